The number of carbonyl (C=O) groups excluding carboxylic acids is 1. The Bertz CT molecular complexity index is 514. The van der Waals surface area contributed by atoms with Crippen molar-refractivity contribution in [2.24, 2.45) is 4.99 Å². The Morgan fingerprint density at radius 3 is 2.82 bits per heavy atom. The van der Waals surface area contributed by atoms with Crippen LogP contribution in [-0.2, 0) is 11.2 Å². The van der Waals surface area contributed by atoms with Gasteiger partial charge in [-0.3, -0.25) is 4.79 Å². The van der Waals surface area contributed by atoms with Crippen LogP contribution >= 0.6 is 11.3 Å². The summed E-state index contributed by atoms with van der Waals surface area (Å²) in [5, 5.41) is 8.81. The highest BCUT2D eigenvalue weighted by Crippen LogP contribution is 2.09. The molecule has 0 aromatic carbocycles. The van der Waals surface area contributed by atoms with Crippen LogP contribution in [0.25, 0.3) is 0 Å². The highest BCUT2D eigenvalue weighted by atomic mass is 32.1. The van der Waals surface area contributed by atoms with Crippen LogP contribution in [-0.4, -0.2) is 50.0 Å². The number of hydrogen-bond acceptors (Lipinski definition) is 3. The summed E-state index contributed by atoms with van der Waals surface area (Å²) >= 11 is 1.76. The van der Waals surface area contributed by atoms with Gasteiger partial charge in [0.25, 0.3) is 0 Å². The van der Waals surface area contributed by atoms with E-state index in [1.165, 1.54) is 4.88 Å². The molecule has 0 radical (unpaired) electrons. The minimum atomic E-state index is 0.00361. The number of aliphatic imine (C=N–C) groups is 1. The predicted octanol–water partition coefficient (Wildman–Crippen LogP) is 1.63. The van der Waals surface area contributed by atoms with E-state index in [2.05, 4.69) is 45.3 Å². The Hall–Kier alpha value is -1.82. The van der Waals surface area contributed by atoms with Crippen molar-refractivity contribution < 1.29 is 4.79 Å². The maximum Gasteiger partial charge on any atom is 0.243 e. The van der Waals surface area contributed by atoms with E-state index in [-0.39, 0.29) is 12.5 Å². The molecular formula is C16H24N4OS. The molecule has 0 atom stereocenters. The number of thiophene rings is 1. The van der Waals surface area contributed by atoms with Gasteiger partial charge in [0.1, 0.15) is 6.54 Å². The Labute approximate surface area is 136 Å². The van der Waals surface area contributed by atoms with E-state index in [1.807, 2.05) is 0 Å². The zero-order valence-electron chi connectivity index (χ0n) is 13.2. The van der Waals surface area contributed by atoms with Crippen LogP contribution in [0.3, 0.4) is 0 Å². The molecule has 1 aromatic heterocycles. The number of rotatable bonds is 6. The van der Waals surface area contributed by atoms with E-state index >= 15 is 0 Å². The summed E-state index contributed by atoms with van der Waals surface area (Å²) in [5.41, 5.74) is 0. The van der Waals surface area contributed by atoms with E-state index in [0.29, 0.717) is 6.04 Å². The quantitative estimate of drug-likeness (QED) is 0.476. The molecular weight excluding hydrogens is 296 g/mol. The fraction of sp³-hybridized carbons (Fsp3) is 0.500. The molecule has 6 heteroatoms. The Balaban J connectivity index is 1.85. The topological polar surface area (TPSA) is 56.7 Å². The molecule has 0 aliphatic heterocycles. The minimum Gasteiger partial charge on any atom is -0.356 e. The Morgan fingerprint density at radius 2 is 2.18 bits per heavy atom. The number of guanidine groups is 1. The Kier molecular flexibility index (Phi) is 6.45. The van der Waals surface area contributed by atoms with Gasteiger partial charge in [-0.25, -0.2) is 4.99 Å². The second-order valence-electron chi connectivity index (χ2n) is 5.49. The number of likely N-dealkylation sites (N-methyl/N-ethyl adjacent to an activating group) is 1. The molecule has 1 aromatic rings. The lowest BCUT2D eigenvalue weighted by molar-refractivity contribution is -0.127. The third-order valence-corrected chi connectivity index (χ3v) is 4.40. The second kappa shape index (κ2) is 8.58. The number of nitrogens with one attached hydrogen (secondary N) is 2. The van der Waals surface area contributed by atoms with Crippen molar-refractivity contribution in [2.45, 2.75) is 25.3 Å². The van der Waals surface area contributed by atoms with E-state index in [9.17, 15) is 4.79 Å². The van der Waals surface area contributed by atoms with Gasteiger partial charge in [0, 0.05) is 31.6 Å². The molecule has 0 saturated heterocycles. The molecule has 0 fully saturated rings. The van der Waals surface area contributed by atoms with Crippen molar-refractivity contribution in [1.82, 2.24) is 15.5 Å². The average Bonchev–Trinajstić information content (AvgIpc) is 3.17. The van der Waals surface area contributed by atoms with E-state index in [0.717, 1.165) is 31.8 Å². The van der Waals surface area contributed by atoms with Crippen molar-refractivity contribution in [1.29, 1.82) is 0 Å². The van der Waals surface area contributed by atoms with Crippen LogP contribution in [0.15, 0.2) is 34.7 Å². The fourth-order valence-electron chi connectivity index (χ4n) is 2.13. The van der Waals surface area contributed by atoms with Gasteiger partial charge < -0.3 is 15.5 Å². The summed E-state index contributed by atoms with van der Waals surface area (Å²) in [6.45, 7) is 0.976. The number of nitrogens with zero attached hydrogens (tertiary/aromatic N) is 2. The van der Waals surface area contributed by atoms with Gasteiger partial charge in [0.05, 0.1) is 0 Å². The first kappa shape index (κ1) is 16.5. The van der Waals surface area contributed by atoms with E-state index in [4.69, 9.17) is 0 Å². The second-order valence-corrected chi connectivity index (χ2v) is 6.53. The normalized spacial score (nSPS) is 15.1. The molecule has 5 nitrogen and oxygen atoms in total. The summed E-state index contributed by atoms with van der Waals surface area (Å²) in [6.07, 6.45) is 7.32. The standard InChI is InChI=1S/C16H24N4OS/c1-20(2)15(21)12-18-16(19-13-6-3-4-7-13)17-10-9-14-8-5-11-22-14/h3-5,8,11,13H,6-7,9-10,12H2,1-2H3,(H2,17,18,19). The third kappa shape index (κ3) is 5.52. The number of amides is 1. The molecule has 0 unspecified atom stereocenters. The van der Waals surface area contributed by atoms with Crippen molar-refractivity contribution in [3.8, 4) is 0 Å². The van der Waals surface area contributed by atoms with Gasteiger partial charge in [0.15, 0.2) is 5.96 Å². The molecule has 22 heavy (non-hydrogen) atoms. The summed E-state index contributed by atoms with van der Waals surface area (Å²) in [4.78, 5) is 19.0. The van der Waals surface area contributed by atoms with Gasteiger partial charge in [-0.1, -0.05) is 18.2 Å². The van der Waals surface area contributed by atoms with Crippen molar-refractivity contribution in [3.05, 3.63) is 34.5 Å². The molecule has 2 rings (SSSR count). The summed E-state index contributed by atoms with van der Waals surface area (Å²) < 4.78 is 0. The predicted molar refractivity (Wildman–Crippen MR) is 92.3 cm³/mol. The Morgan fingerprint density at radius 1 is 1.41 bits per heavy atom. The van der Waals surface area contributed by atoms with Crippen LogP contribution in [0.4, 0.5) is 0 Å². The van der Waals surface area contributed by atoms with Gasteiger partial charge in [0.2, 0.25) is 5.91 Å². The molecule has 1 aliphatic rings. The van der Waals surface area contributed by atoms with Gasteiger partial charge >= 0.3 is 0 Å². The molecule has 0 bridgehead atoms. The third-order valence-electron chi connectivity index (χ3n) is 3.46. The monoisotopic (exact) mass is 320 g/mol. The van der Waals surface area contributed by atoms with Crippen LogP contribution in [0, 0.1) is 0 Å². The van der Waals surface area contributed by atoms with Crippen LogP contribution < -0.4 is 10.6 Å². The molecule has 2 N–H and O–H groups in total. The fourth-order valence-corrected chi connectivity index (χ4v) is 2.84. The minimum absolute atomic E-state index is 0.00361. The first-order chi connectivity index (χ1) is 10.6. The van der Waals surface area contributed by atoms with Crippen molar-refractivity contribution >= 4 is 23.2 Å². The summed E-state index contributed by atoms with van der Waals surface area (Å²) in [7, 11) is 3.49. The molecule has 120 valence electrons. The van der Waals surface area contributed by atoms with Gasteiger partial charge in [-0.2, -0.15) is 0 Å². The summed E-state index contributed by atoms with van der Waals surface area (Å²) in [5.74, 6) is 0.726. The highest BCUT2D eigenvalue weighted by Gasteiger charge is 2.12. The van der Waals surface area contributed by atoms with Crippen LogP contribution in [0.1, 0.15) is 17.7 Å². The van der Waals surface area contributed by atoms with Gasteiger partial charge in [-0.15, -0.1) is 11.3 Å². The zero-order valence-corrected chi connectivity index (χ0v) is 14.0. The van der Waals surface area contributed by atoms with Gasteiger partial charge in [-0.05, 0) is 30.7 Å². The first-order valence-corrected chi connectivity index (χ1v) is 8.45. The number of hydrogen-bond donors (Lipinski definition) is 2. The molecule has 1 aliphatic carbocycles. The lowest BCUT2D eigenvalue weighted by atomic mass is 10.2. The SMILES string of the molecule is CN(C)C(=O)CN=C(NCCc1cccs1)NC1CC=CC1. The zero-order chi connectivity index (χ0) is 15.8. The van der Waals surface area contributed by atoms with Crippen molar-refractivity contribution in [3.63, 3.8) is 0 Å². The van der Waals surface area contributed by atoms with E-state index in [1.54, 1.807) is 30.3 Å². The first-order valence-electron chi connectivity index (χ1n) is 7.57. The van der Waals surface area contributed by atoms with Crippen molar-refractivity contribution in [2.75, 3.05) is 27.2 Å². The summed E-state index contributed by atoms with van der Waals surface area (Å²) in [6, 6.07) is 4.57. The highest BCUT2D eigenvalue weighted by molar-refractivity contribution is 7.09. The average molecular weight is 320 g/mol. The maximum atomic E-state index is 11.7. The molecule has 1 heterocycles. The lowest BCUT2D eigenvalue weighted by Crippen LogP contribution is -2.43. The largest absolute Gasteiger partial charge is 0.356 e. The van der Waals surface area contributed by atoms with Crippen LogP contribution in [0.5, 0.6) is 0 Å². The maximum absolute atomic E-state index is 11.7. The molecule has 1 amide bonds. The number of carbonyl (C=O) groups is 1. The van der Waals surface area contributed by atoms with E-state index < -0.39 is 0 Å². The molecule has 0 spiro atoms. The smallest absolute Gasteiger partial charge is 0.243 e. The molecule has 0 saturated carbocycles. The lowest BCUT2D eigenvalue weighted by Gasteiger charge is -2.17. The van der Waals surface area contributed by atoms with Crippen LogP contribution in [0.2, 0.25) is 0 Å².